The molecule has 0 fully saturated rings. The number of rotatable bonds is 8. The lowest BCUT2D eigenvalue weighted by atomic mass is 10.0. The van der Waals surface area contributed by atoms with E-state index in [2.05, 4.69) is 10.6 Å². The predicted molar refractivity (Wildman–Crippen MR) is 108 cm³/mol. The van der Waals surface area contributed by atoms with Gasteiger partial charge in [0.15, 0.2) is 0 Å². The van der Waals surface area contributed by atoms with Crippen LogP contribution in [0.5, 0.6) is 5.75 Å². The first-order valence-electron chi connectivity index (χ1n) is 9.43. The average molecular weight is 384 g/mol. The first kappa shape index (κ1) is 21.3. The minimum Gasteiger partial charge on any atom is -0.508 e. The zero-order chi connectivity index (χ0) is 20.5. The molecule has 2 rings (SSSR count). The molecule has 6 nitrogen and oxygen atoms in total. The summed E-state index contributed by atoms with van der Waals surface area (Å²) < 4.78 is 5.22. The standard InChI is InChI=1S/C22H28N2O4/c1-15(2)28-21(26)14-20(18-7-5-4-6-8-18)24-22(27)23-16(3)13-17-9-11-19(25)12-10-17/h4-12,15-16,20,25H,13-14H2,1-3H3,(H2,23,24,27). The summed E-state index contributed by atoms with van der Waals surface area (Å²) in [4.78, 5) is 24.6. The Morgan fingerprint density at radius 2 is 1.61 bits per heavy atom. The van der Waals surface area contributed by atoms with Gasteiger partial charge in [-0.2, -0.15) is 0 Å². The van der Waals surface area contributed by atoms with Gasteiger partial charge >= 0.3 is 12.0 Å². The first-order chi connectivity index (χ1) is 13.3. The number of carbonyl (C=O) groups is 2. The number of aromatic hydroxyl groups is 1. The summed E-state index contributed by atoms with van der Waals surface area (Å²) >= 11 is 0. The number of hydrogen-bond donors (Lipinski definition) is 3. The topological polar surface area (TPSA) is 87.7 Å². The first-order valence-corrected chi connectivity index (χ1v) is 9.43. The van der Waals surface area contributed by atoms with E-state index in [1.165, 1.54) is 0 Å². The molecule has 2 aromatic rings. The SMILES string of the molecule is CC(Cc1ccc(O)cc1)NC(=O)NC(CC(=O)OC(C)C)c1ccccc1. The van der Waals surface area contributed by atoms with Crippen LogP contribution < -0.4 is 10.6 Å². The van der Waals surface area contributed by atoms with Gasteiger partial charge < -0.3 is 20.5 Å². The van der Waals surface area contributed by atoms with Crippen LogP contribution in [0.2, 0.25) is 0 Å². The highest BCUT2D eigenvalue weighted by Gasteiger charge is 2.20. The number of benzene rings is 2. The van der Waals surface area contributed by atoms with Crippen molar-refractivity contribution in [3.8, 4) is 5.75 Å². The van der Waals surface area contributed by atoms with Crippen LogP contribution in [0.4, 0.5) is 4.79 Å². The van der Waals surface area contributed by atoms with Crippen molar-refractivity contribution in [1.29, 1.82) is 0 Å². The van der Waals surface area contributed by atoms with Gasteiger partial charge in [-0.25, -0.2) is 4.79 Å². The van der Waals surface area contributed by atoms with Gasteiger partial charge in [-0.3, -0.25) is 4.79 Å². The van der Waals surface area contributed by atoms with E-state index >= 15 is 0 Å². The maximum absolute atomic E-state index is 12.5. The predicted octanol–water partition coefficient (Wildman–Crippen LogP) is 3.71. The molecule has 28 heavy (non-hydrogen) atoms. The maximum atomic E-state index is 12.5. The van der Waals surface area contributed by atoms with E-state index in [1.807, 2.05) is 49.4 Å². The number of ether oxygens (including phenoxy) is 1. The van der Waals surface area contributed by atoms with Crippen LogP contribution in [0, 0.1) is 0 Å². The van der Waals surface area contributed by atoms with Gasteiger partial charge in [-0.15, -0.1) is 0 Å². The fourth-order valence-electron chi connectivity index (χ4n) is 2.88. The lowest BCUT2D eigenvalue weighted by molar-refractivity contribution is -0.147. The van der Waals surface area contributed by atoms with Gasteiger partial charge in [0.1, 0.15) is 5.75 Å². The van der Waals surface area contributed by atoms with Crippen LogP contribution in [-0.4, -0.2) is 29.3 Å². The lowest BCUT2D eigenvalue weighted by Crippen LogP contribution is -2.43. The minimum absolute atomic E-state index is 0.0575. The average Bonchev–Trinajstić information content (AvgIpc) is 2.63. The van der Waals surface area contributed by atoms with Crippen LogP contribution in [-0.2, 0) is 16.0 Å². The molecule has 2 atom stereocenters. The lowest BCUT2D eigenvalue weighted by Gasteiger charge is -2.21. The zero-order valence-electron chi connectivity index (χ0n) is 16.5. The van der Waals surface area contributed by atoms with Gasteiger partial charge in [0.2, 0.25) is 0 Å². The Balaban J connectivity index is 1.96. The molecule has 0 aromatic heterocycles. The van der Waals surface area contributed by atoms with Crippen LogP contribution >= 0.6 is 0 Å². The van der Waals surface area contributed by atoms with Gasteiger partial charge in [0, 0.05) is 6.04 Å². The Bertz CT molecular complexity index is 760. The van der Waals surface area contributed by atoms with E-state index in [0.29, 0.717) is 6.42 Å². The smallest absolute Gasteiger partial charge is 0.315 e. The molecule has 2 unspecified atom stereocenters. The molecule has 3 N–H and O–H groups in total. The Labute approximate surface area is 165 Å². The van der Waals surface area contributed by atoms with Crippen molar-refractivity contribution in [3.63, 3.8) is 0 Å². The Morgan fingerprint density at radius 3 is 2.21 bits per heavy atom. The molecule has 0 radical (unpaired) electrons. The molecule has 0 bridgehead atoms. The third kappa shape index (κ3) is 7.31. The van der Waals surface area contributed by atoms with E-state index in [1.54, 1.807) is 26.0 Å². The highest BCUT2D eigenvalue weighted by Crippen LogP contribution is 2.18. The van der Waals surface area contributed by atoms with Crippen molar-refractivity contribution >= 4 is 12.0 Å². The number of urea groups is 1. The molecule has 0 heterocycles. The van der Waals surface area contributed by atoms with Gasteiger partial charge in [-0.05, 0) is 50.5 Å². The van der Waals surface area contributed by atoms with E-state index in [0.717, 1.165) is 11.1 Å². The number of hydrogen-bond acceptors (Lipinski definition) is 4. The summed E-state index contributed by atoms with van der Waals surface area (Å²) in [5, 5.41) is 15.1. The fourth-order valence-corrected chi connectivity index (χ4v) is 2.88. The maximum Gasteiger partial charge on any atom is 0.315 e. The van der Waals surface area contributed by atoms with Crippen LogP contribution in [0.1, 0.15) is 44.4 Å². The molecular formula is C22H28N2O4. The third-order valence-electron chi connectivity index (χ3n) is 4.10. The monoisotopic (exact) mass is 384 g/mol. The molecule has 2 aromatic carbocycles. The van der Waals surface area contributed by atoms with Crippen LogP contribution in [0.15, 0.2) is 54.6 Å². The molecule has 2 amide bonds. The third-order valence-corrected chi connectivity index (χ3v) is 4.10. The Morgan fingerprint density at radius 1 is 0.964 bits per heavy atom. The largest absolute Gasteiger partial charge is 0.508 e. The number of amides is 2. The summed E-state index contributed by atoms with van der Waals surface area (Å²) in [6.45, 7) is 5.48. The quantitative estimate of drug-likeness (QED) is 0.606. The highest BCUT2D eigenvalue weighted by molar-refractivity contribution is 5.77. The fraction of sp³-hybridized carbons (Fsp3) is 0.364. The summed E-state index contributed by atoms with van der Waals surface area (Å²) in [5.74, 6) is -0.151. The molecule has 0 saturated carbocycles. The summed E-state index contributed by atoms with van der Waals surface area (Å²) in [7, 11) is 0. The number of phenolic OH excluding ortho intramolecular Hbond substituents is 1. The normalized spacial score (nSPS) is 12.9. The molecular weight excluding hydrogens is 356 g/mol. The second-order valence-corrected chi connectivity index (χ2v) is 7.10. The zero-order valence-corrected chi connectivity index (χ0v) is 16.5. The van der Waals surface area contributed by atoms with E-state index in [9.17, 15) is 14.7 Å². The van der Waals surface area contributed by atoms with Crippen molar-refractivity contribution in [2.45, 2.75) is 51.8 Å². The van der Waals surface area contributed by atoms with Gasteiger partial charge in [-0.1, -0.05) is 42.5 Å². The Hall–Kier alpha value is -3.02. The number of esters is 1. The summed E-state index contributed by atoms with van der Waals surface area (Å²) in [6, 6.07) is 15.3. The molecule has 6 heteroatoms. The van der Waals surface area contributed by atoms with Crippen LogP contribution in [0.25, 0.3) is 0 Å². The summed E-state index contributed by atoms with van der Waals surface area (Å²) in [6.07, 6.45) is 0.476. The van der Waals surface area contributed by atoms with Gasteiger partial charge in [0.05, 0.1) is 18.6 Å². The van der Waals surface area contributed by atoms with Crippen molar-refractivity contribution in [2.75, 3.05) is 0 Å². The van der Waals surface area contributed by atoms with E-state index in [4.69, 9.17) is 4.74 Å². The minimum atomic E-state index is -0.478. The molecule has 0 aliphatic heterocycles. The highest BCUT2D eigenvalue weighted by atomic mass is 16.5. The van der Waals surface area contributed by atoms with Crippen LogP contribution in [0.3, 0.4) is 0 Å². The molecule has 0 spiro atoms. The van der Waals surface area contributed by atoms with Crippen molar-refractivity contribution in [2.24, 2.45) is 0 Å². The van der Waals surface area contributed by atoms with E-state index < -0.39 is 6.04 Å². The second kappa shape index (κ2) is 10.3. The number of nitrogens with one attached hydrogen (secondary N) is 2. The Kier molecular flexibility index (Phi) is 7.87. The van der Waals surface area contributed by atoms with Gasteiger partial charge in [0.25, 0.3) is 0 Å². The van der Waals surface area contributed by atoms with E-state index in [-0.39, 0.29) is 36.3 Å². The molecule has 0 aliphatic rings. The molecule has 0 saturated heterocycles. The van der Waals surface area contributed by atoms with Crippen molar-refractivity contribution in [1.82, 2.24) is 10.6 Å². The van der Waals surface area contributed by atoms with Crippen molar-refractivity contribution < 1.29 is 19.4 Å². The molecule has 0 aliphatic carbocycles. The summed E-state index contributed by atoms with van der Waals surface area (Å²) in [5.41, 5.74) is 1.84. The number of carbonyl (C=O) groups excluding carboxylic acids is 2. The second-order valence-electron chi connectivity index (χ2n) is 7.10. The number of phenols is 1. The van der Waals surface area contributed by atoms with Crippen molar-refractivity contribution in [3.05, 3.63) is 65.7 Å². The molecule has 150 valence electrons.